The molecule has 0 aliphatic heterocycles. The van der Waals surface area contributed by atoms with E-state index in [2.05, 4.69) is 67.1 Å². The van der Waals surface area contributed by atoms with Crippen LogP contribution < -0.4 is 10.1 Å². The Balaban J connectivity index is 1.51. The maximum atomic E-state index is 12.4. The Morgan fingerprint density at radius 3 is 2.83 bits per heavy atom. The lowest BCUT2D eigenvalue weighted by Crippen LogP contribution is -2.13. The van der Waals surface area contributed by atoms with Crippen LogP contribution in [0.25, 0.3) is 0 Å². The van der Waals surface area contributed by atoms with Crippen LogP contribution in [0.15, 0.2) is 22.7 Å². The third kappa shape index (κ3) is 5.44. The molecule has 1 aliphatic carbocycles. The summed E-state index contributed by atoms with van der Waals surface area (Å²) >= 11 is 5.15. The number of nitriles is 1. The molecular weight excluding hydrogens is 460 g/mol. The van der Waals surface area contributed by atoms with E-state index in [1.54, 1.807) is 11.3 Å². The van der Waals surface area contributed by atoms with Gasteiger partial charge < -0.3 is 10.1 Å². The van der Waals surface area contributed by atoms with E-state index >= 15 is 0 Å². The number of amides is 1. The van der Waals surface area contributed by atoms with E-state index in [-0.39, 0.29) is 11.3 Å². The molecule has 1 unspecified atom stereocenters. The summed E-state index contributed by atoms with van der Waals surface area (Å²) in [4.78, 5) is 13.7. The van der Waals surface area contributed by atoms with Gasteiger partial charge in [0.05, 0.1) is 16.6 Å². The zero-order valence-electron chi connectivity index (χ0n) is 18.1. The summed E-state index contributed by atoms with van der Waals surface area (Å²) in [6.45, 7) is 9.23. The summed E-state index contributed by atoms with van der Waals surface area (Å²) < 4.78 is 6.78. The Labute approximate surface area is 191 Å². The molecule has 1 heterocycles. The van der Waals surface area contributed by atoms with Crippen molar-refractivity contribution in [3.8, 4) is 11.8 Å². The molecule has 0 saturated heterocycles. The third-order valence-electron chi connectivity index (χ3n) is 5.48. The van der Waals surface area contributed by atoms with Crippen LogP contribution in [0.4, 0.5) is 5.00 Å². The minimum atomic E-state index is -0.0658. The summed E-state index contributed by atoms with van der Waals surface area (Å²) in [5.74, 6) is 1.36. The number of benzene rings is 1. The number of anilines is 1. The molecule has 1 aromatic carbocycles. The summed E-state index contributed by atoms with van der Waals surface area (Å²) in [6.07, 6.45) is 4.02. The molecule has 2 aromatic rings. The second-order valence-corrected chi connectivity index (χ2v) is 11.0. The van der Waals surface area contributed by atoms with E-state index in [1.807, 2.05) is 6.07 Å². The molecule has 0 radical (unpaired) electrons. The molecule has 0 bridgehead atoms. The van der Waals surface area contributed by atoms with Crippen molar-refractivity contribution in [2.45, 2.75) is 65.2 Å². The number of ether oxygens (including phenoxy) is 1. The smallest absolute Gasteiger partial charge is 0.225 e. The standard InChI is InChI=1S/C24H29BrN2O2S/c1-15-7-9-17-18(14-26)23(30-21(17)12-15)27-22(28)6-5-11-29-20-10-8-16(13-19(20)25)24(2,3)4/h8,10,13,15H,5-7,9,11-12H2,1-4H3,(H,27,28). The predicted molar refractivity (Wildman–Crippen MR) is 126 cm³/mol. The molecule has 1 atom stereocenters. The first kappa shape index (κ1) is 22.8. The van der Waals surface area contributed by atoms with Gasteiger partial charge in [-0.25, -0.2) is 0 Å². The van der Waals surface area contributed by atoms with Gasteiger partial charge in [0, 0.05) is 11.3 Å². The van der Waals surface area contributed by atoms with Crippen molar-refractivity contribution in [2.24, 2.45) is 5.92 Å². The summed E-state index contributed by atoms with van der Waals surface area (Å²) in [6, 6.07) is 8.44. The van der Waals surface area contributed by atoms with Crippen molar-refractivity contribution >= 4 is 38.2 Å². The molecule has 1 N–H and O–H groups in total. The van der Waals surface area contributed by atoms with Gasteiger partial charge in [-0.15, -0.1) is 11.3 Å². The number of nitrogens with zero attached hydrogens (tertiary/aromatic N) is 1. The van der Waals surface area contributed by atoms with Crippen LogP contribution in [0, 0.1) is 17.2 Å². The van der Waals surface area contributed by atoms with Gasteiger partial charge in [0.25, 0.3) is 0 Å². The minimum Gasteiger partial charge on any atom is -0.492 e. The molecule has 1 amide bonds. The van der Waals surface area contributed by atoms with E-state index in [9.17, 15) is 10.1 Å². The van der Waals surface area contributed by atoms with Gasteiger partial charge in [0.15, 0.2) is 0 Å². The van der Waals surface area contributed by atoms with E-state index in [0.29, 0.717) is 35.9 Å². The highest BCUT2D eigenvalue weighted by atomic mass is 79.9. The van der Waals surface area contributed by atoms with Crippen molar-refractivity contribution < 1.29 is 9.53 Å². The van der Waals surface area contributed by atoms with E-state index in [4.69, 9.17) is 4.74 Å². The Morgan fingerprint density at radius 2 is 2.17 bits per heavy atom. The van der Waals surface area contributed by atoms with Gasteiger partial charge in [0.2, 0.25) is 5.91 Å². The molecular formula is C24H29BrN2O2S. The maximum absolute atomic E-state index is 12.4. The fraction of sp³-hybridized carbons (Fsp3) is 0.500. The Hall–Kier alpha value is -1.84. The first-order chi connectivity index (χ1) is 14.2. The number of halogens is 1. The number of carbonyl (C=O) groups excluding carboxylic acids is 1. The molecule has 1 aromatic heterocycles. The van der Waals surface area contributed by atoms with Crippen LogP contribution >= 0.6 is 27.3 Å². The first-order valence-electron chi connectivity index (χ1n) is 10.5. The van der Waals surface area contributed by atoms with Crippen molar-refractivity contribution in [2.75, 3.05) is 11.9 Å². The highest BCUT2D eigenvalue weighted by Gasteiger charge is 2.24. The lowest BCUT2D eigenvalue weighted by atomic mass is 9.87. The van der Waals surface area contributed by atoms with Crippen molar-refractivity contribution in [3.05, 3.63) is 44.2 Å². The quantitative estimate of drug-likeness (QED) is 0.465. The number of hydrogen-bond acceptors (Lipinski definition) is 4. The number of carbonyl (C=O) groups is 1. The van der Waals surface area contributed by atoms with Gasteiger partial charge in [-0.05, 0) is 76.2 Å². The van der Waals surface area contributed by atoms with E-state index in [0.717, 1.165) is 35.0 Å². The molecule has 30 heavy (non-hydrogen) atoms. The summed E-state index contributed by atoms with van der Waals surface area (Å²) in [5.41, 5.74) is 3.13. The van der Waals surface area contributed by atoms with Gasteiger partial charge >= 0.3 is 0 Å². The second-order valence-electron chi connectivity index (χ2n) is 9.06. The fourth-order valence-electron chi connectivity index (χ4n) is 3.65. The summed E-state index contributed by atoms with van der Waals surface area (Å²) in [5, 5.41) is 13.2. The molecule has 0 saturated carbocycles. The topological polar surface area (TPSA) is 62.1 Å². The summed E-state index contributed by atoms with van der Waals surface area (Å²) in [7, 11) is 0. The van der Waals surface area contributed by atoms with Crippen LogP contribution in [-0.4, -0.2) is 12.5 Å². The second kappa shape index (κ2) is 9.53. The van der Waals surface area contributed by atoms with E-state index < -0.39 is 0 Å². The zero-order chi connectivity index (χ0) is 21.9. The number of hydrogen-bond donors (Lipinski definition) is 1. The van der Waals surface area contributed by atoms with Crippen LogP contribution in [0.2, 0.25) is 0 Å². The molecule has 4 nitrogen and oxygen atoms in total. The normalized spacial score (nSPS) is 15.9. The highest BCUT2D eigenvalue weighted by molar-refractivity contribution is 9.10. The van der Waals surface area contributed by atoms with E-state index in [1.165, 1.54) is 10.4 Å². The zero-order valence-corrected chi connectivity index (χ0v) is 20.5. The van der Waals surface area contributed by atoms with Crippen molar-refractivity contribution in [3.63, 3.8) is 0 Å². The average molecular weight is 489 g/mol. The van der Waals surface area contributed by atoms with Crippen molar-refractivity contribution in [1.82, 2.24) is 0 Å². The maximum Gasteiger partial charge on any atom is 0.225 e. The first-order valence-corrected chi connectivity index (χ1v) is 12.1. The largest absolute Gasteiger partial charge is 0.492 e. The van der Waals surface area contributed by atoms with Gasteiger partial charge in [-0.1, -0.05) is 33.8 Å². The van der Waals surface area contributed by atoms with Gasteiger partial charge in [-0.3, -0.25) is 4.79 Å². The molecule has 1 aliphatic rings. The van der Waals surface area contributed by atoms with Crippen LogP contribution in [0.3, 0.4) is 0 Å². The Bertz CT molecular complexity index is 969. The molecule has 3 rings (SSSR count). The molecule has 6 heteroatoms. The molecule has 160 valence electrons. The molecule has 0 spiro atoms. The monoisotopic (exact) mass is 488 g/mol. The Kier molecular flexibility index (Phi) is 7.26. The van der Waals surface area contributed by atoms with Crippen LogP contribution in [0.1, 0.15) is 68.5 Å². The van der Waals surface area contributed by atoms with Gasteiger partial charge in [-0.2, -0.15) is 5.26 Å². The third-order valence-corrected chi connectivity index (χ3v) is 7.27. The van der Waals surface area contributed by atoms with Gasteiger partial charge in [0.1, 0.15) is 16.8 Å². The Morgan fingerprint density at radius 1 is 1.40 bits per heavy atom. The lowest BCUT2D eigenvalue weighted by Gasteiger charge is -2.20. The highest BCUT2D eigenvalue weighted by Crippen LogP contribution is 2.39. The van der Waals surface area contributed by atoms with Crippen LogP contribution in [-0.2, 0) is 23.1 Å². The number of nitrogens with one attached hydrogen (secondary N) is 1. The fourth-order valence-corrected chi connectivity index (χ4v) is 5.52. The van der Waals surface area contributed by atoms with Crippen LogP contribution in [0.5, 0.6) is 5.75 Å². The minimum absolute atomic E-state index is 0.0658. The predicted octanol–water partition coefficient (Wildman–Crippen LogP) is 6.60. The molecule has 0 fully saturated rings. The van der Waals surface area contributed by atoms with Crippen molar-refractivity contribution in [1.29, 1.82) is 5.26 Å². The average Bonchev–Trinajstić information content (AvgIpc) is 3.01. The SMILES string of the molecule is CC1CCc2c(sc(NC(=O)CCCOc3ccc(C(C)(C)C)cc3Br)c2C#N)C1. The lowest BCUT2D eigenvalue weighted by molar-refractivity contribution is -0.116. The number of thiophene rings is 1. The number of fused-ring (bicyclic) bond motifs is 1. The number of rotatable bonds is 6.